The second kappa shape index (κ2) is 8.75. The van der Waals surface area contributed by atoms with Crippen LogP contribution >= 0.6 is 15.9 Å². The number of hydrogen-bond donors (Lipinski definition) is 0. The fraction of sp³-hybridized carbons (Fsp3) is 0. The van der Waals surface area contributed by atoms with Crippen LogP contribution in [0.2, 0.25) is 0 Å². The normalized spacial score (nSPS) is 10.7. The fourth-order valence-electron chi connectivity index (χ4n) is 3.91. The minimum atomic E-state index is 1.09. The van der Waals surface area contributed by atoms with E-state index in [1.165, 1.54) is 44.5 Å². The zero-order valence-electron chi connectivity index (χ0n) is 17.0. The average Bonchev–Trinajstić information content (AvgIpc) is 2.85. The quantitative estimate of drug-likeness (QED) is 0.250. The van der Waals surface area contributed by atoms with Crippen LogP contribution in [0.25, 0.3) is 44.5 Å². The van der Waals surface area contributed by atoms with E-state index < -0.39 is 0 Å². The lowest BCUT2D eigenvalue weighted by Gasteiger charge is -2.12. The highest BCUT2D eigenvalue weighted by atomic mass is 79.9. The van der Waals surface area contributed by atoms with E-state index in [0.29, 0.717) is 0 Å². The van der Waals surface area contributed by atoms with Crippen molar-refractivity contribution in [2.24, 2.45) is 0 Å². The van der Waals surface area contributed by atoms with Crippen LogP contribution in [0.5, 0.6) is 0 Å². The van der Waals surface area contributed by atoms with Crippen LogP contribution in [-0.4, -0.2) is 0 Å². The van der Waals surface area contributed by atoms with Crippen LogP contribution < -0.4 is 0 Å². The summed E-state index contributed by atoms with van der Waals surface area (Å²) in [5, 5.41) is 0. The second-order valence-electron chi connectivity index (χ2n) is 7.62. The summed E-state index contributed by atoms with van der Waals surface area (Å²) in [6, 6.07) is 45.3. The molecule has 0 saturated carbocycles. The van der Waals surface area contributed by atoms with Gasteiger partial charge < -0.3 is 0 Å². The average molecular weight is 461 g/mol. The third-order valence-corrected chi connectivity index (χ3v) is 6.02. The van der Waals surface area contributed by atoms with Gasteiger partial charge >= 0.3 is 0 Å². The van der Waals surface area contributed by atoms with Gasteiger partial charge in [0.05, 0.1) is 0 Å². The smallest absolute Gasteiger partial charge is 0.0181 e. The molecule has 0 bridgehead atoms. The molecule has 0 N–H and O–H groups in total. The molecule has 0 aromatic heterocycles. The Bertz CT molecular complexity index is 1250. The zero-order valence-corrected chi connectivity index (χ0v) is 18.6. The Morgan fingerprint density at radius 2 is 0.677 bits per heavy atom. The molecule has 0 aliphatic carbocycles. The molecule has 0 saturated heterocycles. The van der Waals surface area contributed by atoms with E-state index in [1.54, 1.807) is 0 Å². The second-order valence-corrected chi connectivity index (χ2v) is 8.53. The Morgan fingerprint density at radius 3 is 1.13 bits per heavy atom. The van der Waals surface area contributed by atoms with E-state index in [4.69, 9.17) is 0 Å². The van der Waals surface area contributed by atoms with Crippen molar-refractivity contribution in [2.45, 2.75) is 0 Å². The Hall–Kier alpha value is -3.42. The number of rotatable bonds is 4. The number of halogens is 1. The Morgan fingerprint density at radius 1 is 0.290 bits per heavy atom. The Kier molecular flexibility index (Phi) is 5.52. The van der Waals surface area contributed by atoms with Gasteiger partial charge in [0, 0.05) is 4.47 Å². The topological polar surface area (TPSA) is 0 Å². The van der Waals surface area contributed by atoms with Crippen LogP contribution in [0.15, 0.2) is 132 Å². The summed E-state index contributed by atoms with van der Waals surface area (Å²) in [7, 11) is 0. The van der Waals surface area contributed by atoms with Crippen LogP contribution in [0.3, 0.4) is 0 Å². The molecule has 0 aliphatic heterocycles. The van der Waals surface area contributed by atoms with Crippen molar-refractivity contribution in [2.75, 3.05) is 0 Å². The SMILES string of the molecule is Brc1cccc(-c2ccc(-c3cc(-c4ccccc4)cc(-c4ccccc4)c3)cc2)c1. The fourth-order valence-corrected chi connectivity index (χ4v) is 4.31. The molecule has 5 aromatic carbocycles. The molecule has 31 heavy (non-hydrogen) atoms. The van der Waals surface area contributed by atoms with Gasteiger partial charge in [-0.2, -0.15) is 0 Å². The Labute approximate surface area is 192 Å². The third-order valence-electron chi connectivity index (χ3n) is 5.52. The van der Waals surface area contributed by atoms with Gasteiger partial charge in [0.1, 0.15) is 0 Å². The van der Waals surface area contributed by atoms with Crippen LogP contribution in [0, 0.1) is 0 Å². The molecule has 0 radical (unpaired) electrons. The van der Waals surface area contributed by atoms with Crippen molar-refractivity contribution in [3.8, 4) is 44.5 Å². The number of benzene rings is 5. The molecule has 148 valence electrons. The highest BCUT2D eigenvalue weighted by Crippen LogP contribution is 2.34. The van der Waals surface area contributed by atoms with Gasteiger partial charge in [-0.1, -0.05) is 113 Å². The Balaban J connectivity index is 1.59. The molecular weight excluding hydrogens is 440 g/mol. The van der Waals surface area contributed by atoms with Crippen molar-refractivity contribution in [3.63, 3.8) is 0 Å². The van der Waals surface area contributed by atoms with E-state index in [-0.39, 0.29) is 0 Å². The standard InChI is InChI=1S/C30H21Br/c31-30-13-7-12-26(21-30)24-14-16-25(17-15-24)29-19-27(22-8-3-1-4-9-22)18-28(20-29)23-10-5-2-6-11-23/h1-21H. The van der Waals surface area contributed by atoms with Crippen LogP contribution in [0.1, 0.15) is 0 Å². The van der Waals surface area contributed by atoms with Gasteiger partial charge in [-0.15, -0.1) is 0 Å². The highest BCUT2D eigenvalue weighted by molar-refractivity contribution is 9.10. The molecule has 0 fully saturated rings. The summed E-state index contributed by atoms with van der Waals surface area (Å²) >= 11 is 3.57. The third kappa shape index (κ3) is 4.38. The summed E-state index contributed by atoms with van der Waals surface area (Å²) in [4.78, 5) is 0. The first-order valence-corrected chi connectivity index (χ1v) is 11.2. The monoisotopic (exact) mass is 460 g/mol. The van der Waals surface area contributed by atoms with Crippen LogP contribution in [-0.2, 0) is 0 Å². The van der Waals surface area contributed by atoms with Gasteiger partial charge in [-0.05, 0) is 74.8 Å². The molecule has 1 heteroatoms. The molecule has 0 aliphatic rings. The minimum Gasteiger partial charge on any atom is -0.0622 e. The van der Waals surface area contributed by atoms with Crippen molar-refractivity contribution in [1.29, 1.82) is 0 Å². The molecular formula is C30H21Br. The predicted octanol–water partition coefficient (Wildman–Crippen LogP) is 9.12. The predicted molar refractivity (Wildman–Crippen MR) is 136 cm³/mol. The lowest BCUT2D eigenvalue weighted by molar-refractivity contribution is 1.55. The lowest BCUT2D eigenvalue weighted by Crippen LogP contribution is -1.86. The maximum atomic E-state index is 3.57. The van der Waals surface area contributed by atoms with Crippen molar-refractivity contribution < 1.29 is 0 Å². The summed E-state index contributed by atoms with van der Waals surface area (Å²) < 4.78 is 1.09. The summed E-state index contributed by atoms with van der Waals surface area (Å²) in [5.41, 5.74) is 9.78. The lowest BCUT2D eigenvalue weighted by atomic mass is 9.92. The molecule has 0 atom stereocenters. The minimum absolute atomic E-state index is 1.09. The molecule has 0 nitrogen and oxygen atoms in total. The summed E-state index contributed by atoms with van der Waals surface area (Å²) in [6.45, 7) is 0. The first-order valence-electron chi connectivity index (χ1n) is 10.4. The maximum absolute atomic E-state index is 3.57. The van der Waals surface area contributed by atoms with Gasteiger partial charge in [0.25, 0.3) is 0 Å². The first kappa shape index (κ1) is 19.5. The maximum Gasteiger partial charge on any atom is 0.0181 e. The van der Waals surface area contributed by atoms with E-state index in [2.05, 4.69) is 143 Å². The molecule has 0 amide bonds. The van der Waals surface area contributed by atoms with Gasteiger partial charge in [0.15, 0.2) is 0 Å². The van der Waals surface area contributed by atoms with Gasteiger partial charge in [0.2, 0.25) is 0 Å². The van der Waals surface area contributed by atoms with Gasteiger partial charge in [-0.3, -0.25) is 0 Å². The largest absolute Gasteiger partial charge is 0.0622 e. The molecule has 5 aromatic rings. The first-order chi connectivity index (χ1) is 15.3. The van der Waals surface area contributed by atoms with E-state index >= 15 is 0 Å². The van der Waals surface area contributed by atoms with E-state index in [1.807, 2.05) is 0 Å². The molecule has 0 spiro atoms. The summed E-state index contributed by atoms with van der Waals surface area (Å²) in [5.74, 6) is 0. The van der Waals surface area contributed by atoms with Crippen molar-refractivity contribution in [1.82, 2.24) is 0 Å². The van der Waals surface area contributed by atoms with Crippen molar-refractivity contribution in [3.05, 3.63) is 132 Å². The van der Waals surface area contributed by atoms with Crippen LogP contribution in [0.4, 0.5) is 0 Å². The van der Waals surface area contributed by atoms with Crippen molar-refractivity contribution >= 4 is 15.9 Å². The zero-order chi connectivity index (χ0) is 21.0. The van der Waals surface area contributed by atoms with E-state index in [0.717, 1.165) is 4.47 Å². The molecule has 0 heterocycles. The summed E-state index contributed by atoms with van der Waals surface area (Å²) in [6.07, 6.45) is 0. The highest BCUT2D eigenvalue weighted by Gasteiger charge is 2.08. The molecule has 5 rings (SSSR count). The van der Waals surface area contributed by atoms with E-state index in [9.17, 15) is 0 Å². The molecule has 0 unspecified atom stereocenters. The number of hydrogen-bond acceptors (Lipinski definition) is 0. The van der Waals surface area contributed by atoms with Gasteiger partial charge in [-0.25, -0.2) is 0 Å².